The quantitative estimate of drug-likeness (QED) is 0.228. The number of nitrogens with one attached hydrogen (secondary N) is 1. The summed E-state index contributed by atoms with van der Waals surface area (Å²) in [5.74, 6) is -0.302. The molecule has 4 heterocycles. The van der Waals surface area contributed by atoms with E-state index < -0.39 is 10.5 Å². The number of thioether (sulfide) groups is 1. The van der Waals surface area contributed by atoms with E-state index in [1.807, 2.05) is 11.8 Å². The number of benzene rings is 1. The van der Waals surface area contributed by atoms with Gasteiger partial charge in [0.2, 0.25) is 5.62 Å². The molecule has 1 N–H and O–H groups in total. The molecule has 30 heavy (non-hydrogen) atoms. The number of nitro groups is 1. The van der Waals surface area contributed by atoms with Gasteiger partial charge < -0.3 is 15.0 Å². The molecule has 2 aromatic rings. The molecule has 1 aromatic carbocycles. The molecule has 0 aliphatic carbocycles. The van der Waals surface area contributed by atoms with Crippen molar-refractivity contribution in [3.8, 4) is 10.6 Å². The van der Waals surface area contributed by atoms with Gasteiger partial charge in [-0.2, -0.15) is 0 Å². The number of rotatable bonds is 6. The Kier molecular flexibility index (Phi) is 4.92. The fourth-order valence-electron chi connectivity index (χ4n) is 3.93. The molecule has 0 saturated carbocycles. The largest absolute Gasteiger partial charge is 0.358 e. The SMILES string of the molecule is CC1(CN2Cc3nc(-c4ccc(F)cc4)sc3C2)SC1CN1C=C([N+](=O)[O-])NC1Cl. The van der Waals surface area contributed by atoms with E-state index in [-0.39, 0.29) is 16.4 Å². The maximum absolute atomic E-state index is 13.1. The fourth-order valence-corrected chi connectivity index (χ4v) is 6.54. The van der Waals surface area contributed by atoms with Crippen molar-refractivity contribution in [1.82, 2.24) is 20.1 Å². The van der Waals surface area contributed by atoms with E-state index in [0.29, 0.717) is 11.8 Å². The van der Waals surface area contributed by atoms with Crippen LogP contribution in [0.3, 0.4) is 0 Å². The topological polar surface area (TPSA) is 74.5 Å². The molecule has 3 aliphatic rings. The van der Waals surface area contributed by atoms with Crippen molar-refractivity contribution in [2.24, 2.45) is 0 Å². The Bertz CT molecular complexity index is 1010. The third-order valence-corrected chi connectivity index (χ3v) is 8.75. The van der Waals surface area contributed by atoms with E-state index in [4.69, 9.17) is 16.6 Å². The van der Waals surface area contributed by atoms with Crippen molar-refractivity contribution in [1.29, 1.82) is 0 Å². The second kappa shape index (κ2) is 7.37. The van der Waals surface area contributed by atoms with Crippen LogP contribution in [0.15, 0.2) is 36.3 Å². The molecule has 3 aliphatic heterocycles. The van der Waals surface area contributed by atoms with Crippen molar-refractivity contribution in [3.05, 3.63) is 62.8 Å². The Morgan fingerprint density at radius 3 is 2.83 bits per heavy atom. The average molecular weight is 468 g/mol. The molecule has 7 nitrogen and oxygen atoms in total. The molecule has 3 atom stereocenters. The monoisotopic (exact) mass is 467 g/mol. The van der Waals surface area contributed by atoms with Crippen LogP contribution in [0.1, 0.15) is 17.5 Å². The standard InChI is InChI=1S/C19H19ClFN5O2S2/c1-19(15(30-19)8-25-9-16(26(27)28)23-18(25)20)10-24-6-13-14(7-24)29-17(22-13)11-2-4-12(21)5-3-11/h2-5,9,15,18,23H,6-8,10H2,1H3. The molecule has 0 spiro atoms. The molecular weight excluding hydrogens is 449 g/mol. The van der Waals surface area contributed by atoms with Crippen LogP contribution in [0, 0.1) is 15.9 Å². The highest BCUT2D eigenvalue weighted by Crippen LogP contribution is 2.55. The molecule has 1 saturated heterocycles. The minimum absolute atomic E-state index is 0.0608. The van der Waals surface area contributed by atoms with Gasteiger partial charge in [0, 0.05) is 46.6 Å². The summed E-state index contributed by atoms with van der Waals surface area (Å²) >= 11 is 9.74. The van der Waals surface area contributed by atoms with E-state index in [1.54, 1.807) is 28.4 Å². The van der Waals surface area contributed by atoms with Gasteiger partial charge in [0.25, 0.3) is 0 Å². The number of nitrogens with zero attached hydrogens (tertiary/aromatic N) is 4. The number of aromatic nitrogens is 1. The van der Waals surface area contributed by atoms with Crippen LogP contribution in [-0.2, 0) is 13.1 Å². The van der Waals surface area contributed by atoms with Gasteiger partial charge in [-0.05, 0) is 47.7 Å². The summed E-state index contributed by atoms with van der Waals surface area (Å²) in [5, 5.41) is 14.9. The summed E-state index contributed by atoms with van der Waals surface area (Å²) in [6.45, 7) is 5.51. The lowest BCUT2D eigenvalue weighted by Crippen LogP contribution is -2.37. The average Bonchev–Trinajstić information content (AvgIpc) is 3.02. The van der Waals surface area contributed by atoms with Crippen LogP contribution >= 0.6 is 34.7 Å². The second-order valence-electron chi connectivity index (χ2n) is 7.91. The van der Waals surface area contributed by atoms with Crippen molar-refractivity contribution in [3.63, 3.8) is 0 Å². The molecule has 5 rings (SSSR count). The minimum Gasteiger partial charge on any atom is -0.358 e. The summed E-state index contributed by atoms with van der Waals surface area (Å²) < 4.78 is 13.2. The van der Waals surface area contributed by atoms with Crippen LogP contribution < -0.4 is 5.32 Å². The molecule has 3 unspecified atom stereocenters. The van der Waals surface area contributed by atoms with Gasteiger partial charge in [0.05, 0.1) is 11.9 Å². The Morgan fingerprint density at radius 1 is 1.40 bits per heavy atom. The zero-order valence-corrected chi connectivity index (χ0v) is 18.4. The van der Waals surface area contributed by atoms with Crippen LogP contribution in [0.25, 0.3) is 10.6 Å². The van der Waals surface area contributed by atoms with Crippen molar-refractivity contribution in [2.45, 2.75) is 35.6 Å². The predicted molar refractivity (Wildman–Crippen MR) is 116 cm³/mol. The van der Waals surface area contributed by atoms with Crippen LogP contribution in [-0.4, -0.2) is 48.4 Å². The zero-order chi connectivity index (χ0) is 21.0. The third kappa shape index (κ3) is 3.77. The van der Waals surface area contributed by atoms with Gasteiger partial charge in [0.15, 0.2) is 0 Å². The summed E-state index contributed by atoms with van der Waals surface area (Å²) in [5.41, 5.74) is 1.47. The van der Waals surface area contributed by atoms with Gasteiger partial charge in [-0.25, -0.2) is 14.7 Å². The summed E-state index contributed by atoms with van der Waals surface area (Å²) in [6, 6.07) is 6.46. The molecular formula is C19H19ClFN5O2S2. The van der Waals surface area contributed by atoms with Crippen molar-refractivity contribution < 1.29 is 9.31 Å². The van der Waals surface area contributed by atoms with E-state index in [9.17, 15) is 14.5 Å². The zero-order valence-electron chi connectivity index (χ0n) is 16.0. The predicted octanol–water partition coefficient (Wildman–Crippen LogP) is 3.64. The number of alkyl halides is 1. The Morgan fingerprint density at radius 2 is 2.17 bits per heavy atom. The first-order chi connectivity index (χ1) is 14.3. The fraction of sp³-hybridized carbons (Fsp3) is 0.421. The summed E-state index contributed by atoms with van der Waals surface area (Å²) in [4.78, 5) is 20.7. The highest BCUT2D eigenvalue weighted by atomic mass is 35.5. The molecule has 1 aromatic heterocycles. The maximum Gasteiger partial charge on any atom is 0.334 e. The second-order valence-corrected chi connectivity index (χ2v) is 11.1. The molecule has 1 fully saturated rings. The van der Waals surface area contributed by atoms with Crippen LogP contribution in [0.2, 0.25) is 0 Å². The number of fused-ring (bicyclic) bond motifs is 1. The van der Waals surface area contributed by atoms with Crippen molar-refractivity contribution in [2.75, 3.05) is 13.1 Å². The van der Waals surface area contributed by atoms with Crippen LogP contribution in [0.4, 0.5) is 4.39 Å². The highest BCUT2D eigenvalue weighted by molar-refractivity contribution is 8.08. The smallest absolute Gasteiger partial charge is 0.334 e. The van der Waals surface area contributed by atoms with Gasteiger partial charge >= 0.3 is 5.82 Å². The molecule has 0 radical (unpaired) electrons. The third-order valence-electron chi connectivity index (χ3n) is 5.60. The number of hydrogen-bond donors (Lipinski definition) is 1. The first-order valence-electron chi connectivity index (χ1n) is 9.48. The van der Waals surface area contributed by atoms with Gasteiger partial charge in [-0.15, -0.1) is 23.1 Å². The number of hydrogen-bond acceptors (Lipinski definition) is 8. The van der Waals surface area contributed by atoms with Gasteiger partial charge in [-0.3, -0.25) is 4.90 Å². The molecule has 158 valence electrons. The molecule has 0 bridgehead atoms. The van der Waals surface area contributed by atoms with Gasteiger partial charge in [0.1, 0.15) is 10.8 Å². The molecule has 11 heteroatoms. The first kappa shape index (κ1) is 20.0. The van der Waals surface area contributed by atoms with E-state index >= 15 is 0 Å². The lowest BCUT2D eigenvalue weighted by molar-refractivity contribution is -0.430. The minimum atomic E-state index is -0.580. The Hall–Kier alpha value is -1.88. The summed E-state index contributed by atoms with van der Waals surface area (Å²) in [7, 11) is 0. The lowest BCUT2D eigenvalue weighted by Gasteiger charge is -2.21. The van der Waals surface area contributed by atoms with Crippen LogP contribution in [0.5, 0.6) is 0 Å². The van der Waals surface area contributed by atoms with Crippen molar-refractivity contribution >= 4 is 34.7 Å². The highest BCUT2D eigenvalue weighted by Gasteiger charge is 2.54. The number of thiazole rings is 1. The van der Waals surface area contributed by atoms with E-state index in [1.165, 1.54) is 23.2 Å². The first-order valence-corrected chi connectivity index (χ1v) is 11.6. The Balaban J connectivity index is 1.18. The molecule has 0 amide bonds. The lowest BCUT2D eigenvalue weighted by atomic mass is 10.1. The van der Waals surface area contributed by atoms with E-state index in [0.717, 1.165) is 35.9 Å². The van der Waals surface area contributed by atoms with E-state index in [2.05, 4.69) is 17.1 Å². The Labute approximate surface area is 186 Å². The van der Waals surface area contributed by atoms with Gasteiger partial charge in [-0.1, -0.05) is 0 Å². The maximum atomic E-state index is 13.1. The number of halogens is 2. The normalized spacial score (nSPS) is 27.7. The summed E-state index contributed by atoms with van der Waals surface area (Å²) in [6.07, 6.45) is 1.49.